The Kier molecular flexibility index (Phi) is 7.74. The number of anilines is 1. The molecule has 3 aromatic rings. The molecule has 12 heteroatoms. The fourth-order valence-corrected chi connectivity index (χ4v) is 4.27. The number of carbonyl (C=O) groups excluding carboxylic acids is 2. The third-order valence-corrected chi connectivity index (χ3v) is 6.33. The smallest absolute Gasteiger partial charge is 0.308 e. The van der Waals surface area contributed by atoms with Crippen molar-refractivity contribution in [2.24, 2.45) is 0 Å². The molecule has 0 radical (unpaired) electrons. The van der Waals surface area contributed by atoms with Crippen LogP contribution in [-0.2, 0) is 30.9 Å². The summed E-state index contributed by atoms with van der Waals surface area (Å²) in [6, 6.07) is 12.1. The first-order chi connectivity index (χ1) is 16.1. The predicted octanol–water partition coefficient (Wildman–Crippen LogP) is 1.44. The Labute approximate surface area is 196 Å². The molecule has 2 aromatic carbocycles. The number of fused-ring (bicyclic) bond motifs is 1. The van der Waals surface area contributed by atoms with Crippen molar-refractivity contribution in [2.75, 3.05) is 5.32 Å². The minimum Gasteiger partial charge on any atom is -0.452 e. The largest absolute Gasteiger partial charge is 0.452 e. The Morgan fingerprint density at radius 3 is 2.41 bits per heavy atom. The Hall–Kier alpha value is -3.64. The van der Waals surface area contributed by atoms with Crippen molar-refractivity contribution in [1.29, 1.82) is 0 Å². The van der Waals surface area contributed by atoms with Gasteiger partial charge in [-0.15, -0.1) is 5.10 Å². The van der Waals surface area contributed by atoms with Crippen LogP contribution in [0, 0.1) is 0 Å². The fourth-order valence-electron chi connectivity index (χ4n) is 3.02. The topological polar surface area (TPSA) is 149 Å². The number of rotatable bonds is 9. The molecule has 1 atom stereocenters. The van der Waals surface area contributed by atoms with Crippen LogP contribution in [0.2, 0.25) is 0 Å². The summed E-state index contributed by atoms with van der Waals surface area (Å²) >= 11 is 0. The van der Waals surface area contributed by atoms with Crippen LogP contribution >= 0.6 is 0 Å². The zero-order chi connectivity index (χ0) is 24.9. The molecule has 1 amide bonds. The average molecular weight is 488 g/mol. The summed E-state index contributed by atoms with van der Waals surface area (Å²) in [5.74, 6) is -1.28. The van der Waals surface area contributed by atoms with Crippen LogP contribution in [0.15, 0.2) is 58.2 Å². The average Bonchev–Trinajstić information content (AvgIpc) is 2.78. The zero-order valence-corrected chi connectivity index (χ0v) is 19.7. The van der Waals surface area contributed by atoms with E-state index >= 15 is 0 Å². The van der Waals surface area contributed by atoms with Crippen molar-refractivity contribution >= 4 is 38.5 Å². The van der Waals surface area contributed by atoms with E-state index in [-0.39, 0.29) is 29.5 Å². The lowest BCUT2D eigenvalue weighted by Crippen LogP contribution is -2.31. The van der Waals surface area contributed by atoms with E-state index in [1.807, 2.05) is 0 Å². The molecule has 0 saturated heterocycles. The van der Waals surface area contributed by atoms with E-state index in [1.54, 1.807) is 38.1 Å². The molecule has 0 saturated carbocycles. The van der Waals surface area contributed by atoms with E-state index in [9.17, 15) is 22.8 Å². The van der Waals surface area contributed by atoms with Gasteiger partial charge in [0.25, 0.3) is 11.5 Å². The molecule has 0 bridgehead atoms. The molecule has 0 aliphatic carbocycles. The molecule has 2 N–H and O–H groups in total. The van der Waals surface area contributed by atoms with Gasteiger partial charge in [-0.1, -0.05) is 17.3 Å². The molecule has 180 valence electrons. The van der Waals surface area contributed by atoms with Crippen LogP contribution in [0.1, 0.15) is 27.2 Å². The van der Waals surface area contributed by atoms with Gasteiger partial charge in [-0.25, -0.2) is 17.8 Å². The lowest BCUT2D eigenvalue weighted by Gasteiger charge is -2.14. The van der Waals surface area contributed by atoms with Gasteiger partial charge in [0, 0.05) is 11.7 Å². The summed E-state index contributed by atoms with van der Waals surface area (Å²) in [7, 11) is -3.65. The third kappa shape index (κ3) is 6.23. The maximum atomic E-state index is 12.4. The van der Waals surface area contributed by atoms with Gasteiger partial charge in [0.2, 0.25) is 10.0 Å². The van der Waals surface area contributed by atoms with Crippen LogP contribution < -0.4 is 15.6 Å². The van der Waals surface area contributed by atoms with Crippen LogP contribution in [0.5, 0.6) is 0 Å². The number of ether oxygens (including phenoxy) is 1. The molecular weight excluding hydrogens is 462 g/mol. The molecule has 1 heterocycles. The SMILES string of the molecule is CC(C)NS(=O)(=O)c1ccc(NC(=O)C(C)OC(=O)CCn2nnc3ccccc3c2=O)cc1. The molecule has 34 heavy (non-hydrogen) atoms. The Balaban J connectivity index is 1.54. The van der Waals surface area contributed by atoms with E-state index < -0.39 is 28.0 Å². The first-order valence-corrected chi connectivity index (χ1v) is 12.0. The van der Waals surface area contributed by atoms with Gasteiger partial charge in [-0.05, 0) is 57.2 Å². The van der Waals surface area contributed by atoms with E-state index in [1.165, 1.54) is 31.2 Å². The highest BCUT2D eigenvalue weighted by atomic mass is 32.2. The second-order valence-electron chi connectivity index (χ2n) is 7.81. The molecule has 11 nitrogen and oxygen atoms in total. The Bertz CT molecular complexity index is 1350. The predicted molar refractivity (Wildman–Crippen MR) is 124 cm³/mol. The van der Waals surface area contributed by atoms with Crippen molar-refractivity contribution in [1.82, 2.24) is 19.7 Å². The van der Waals surface area contributed by atoms with Crippen molar-refractivity contribution in [3.63, 3.8) is 0 Å². The van der Waals surface area contributed by atoms with Crippen molar-refractivity contribution < 1.29 is 22.7 Å². The molecule has 0 aliphatic rings. The van der Waals surface area contributed by atoms with Gasteiger partial charge in [0.1, 0.15) is 5.52 Å². The number of amides is 1. The van der Waals surface area contributed by atoms with Gasteiger partial charge >= 0.3 is 5.97 Å². The number of esters is 1. The number of nitrogens with zero attached hydrogens (tertiary/aromatic N) is 3. The number of hydrogen-bond acceptors (Lipinski definition) is 8. The first-order valence-electron chi connectivity index (χ1n) is 10.5. The number of aromatic nitrogens is 3. The van der Waals surface area contributed by atoms with Crippen LogP contribution in [0.4, 0.5) is 5.69 Å². The number of carbonyl (C=O) groups is 2. The molecule has 1 aromatic heterocycles. The van der Waals surface area contributed by atoms with Gasteiger partial charge in [0.15, 0.2) is 6.10 Å². The lowest BCUT2D eigenvalue weighted by molar-refractivity contribution is -0.153. The highest BCUT2D eigenvalue weighted by Crippen LogP contribution is 2.15. The number of aryl methyl sites for hydroxylation is 1. The molecular formula is C22H25N5O6S. The monoisotopic (exact) mass is 487 g/mol. The molecule has 0 spiro atoms. The Morgan fingerprint density at radius 2 is 1.74 bits per heavy atom. The summed E-state index contributed by atoms with van der Waals surface area (Å²) in [5, 5.41) is 10.7. The molecule has 0 fully saturated rings. The van der Waals surface area contributed by atoms with E-state index in [4.69, 9.17) is 4.74 Å². The third-order valence-electron chi connectivity index (χ3n) is 4.66. The summed E-state index contributed by atoms with van der Waals surface area (Å²) in [6.45, 7) is 4.77. The molecule has 0 aliphatic heterocycles. The summed E-state index contributed by atoms with van der Waals surface area (Å²) in [6.07, 6.45) is -1.29. The fraction of sp³-hybridized carbons (Fsp3) is 0.318. The summed E-state index contributed by atoms with van der Waals surface area (Å²) in [5.41, 5.74) is 0.422. The first kappa shape index (κ1) is 25.0. The van der Waals surface area contributed by atoms with Crippen LogP contribution in [0.3, 0.4) is 0 Å². The summed E-state index contributed by atoms with van der Waals surface area (Å²) in [4.78, 5) is 37.0. The van der Waals surface area contributed by atoms with E-state index in [0.717, 1.165) is 4.68 Å². The van der Waals surface area contributed by atoms with Crippen molar-refractivity contribution in [3.05, 3.63) is 58.9 Å². The number of benzene rings is 2. The standard InChI is InChI=1S/C22H25N5O6S/c1-14(2)25-34(31,32)17-10-8-16(9-11-17)23-21(29)15(3)33-20(28)12-13-27-22(30)18-6-4-5-7-19(18)24-26-27/h4-11,14-15,25H,12-13H2,1-3H3,(H,23,29). The normalized spacial score (nSPS) is 12.5. The zero-order valence-electron chi connectivity index (χ0n) is 18.9. The van der Waals surface area contributed by atoms with E-state index in [0.29, 0.717) is 16.6 Å². The van der Waals surface area contributed by atoms with E-state index in [2.05, 4.69) is 20.4 Å². The van der Waals surface area contributed by atoms with Crippen LogP contribution in [0.25, 0.3) is 10.9 Å². The maximum Gasteiger partial charge on any atom is 0.308 e. The number of hydrogen-bond donors (Lipinski definition) is 2. The molecule has 1 unspecified atom stereocenters. The van der Waals surface area contributed by atoms with Gasteiger partial charge < -0.3 is 10.1 Å². The number of nitrogens with one attached hydrogen (secondary N) is 2. The van der Waals surface area contributed by atoms with Crippen molar-refractivity contribution in [3.8, 4) is 0 Å². The highest BCUT2D eigenvalue weighted by molar-refractivity contribution is 7.89. The maximum absolute atomic E-state index is 12.4. The van der Waals surface area contributed by atoms with Crippen LogP contribution in [-0.4, -0.2) is 47.4 Å². The van der Waals surface area contributed by atoms with Crippen molar-refractivity contribution in [2.45, 2.75) is 50.8 Å². The minimum absolute atomic E-state index is 0.0514. The second kappa shape index (κ2) is 10.5. The summed E-state index contributed by atoms with van der Waals surface area (Å²) < 4.78 is 33.0. The van der Waals surface area contributed by atoms with Gasteiger partial charge in [0.05, 0.1) is 23.2 Å². The highest BCUT2D eigenvalue weighted by Gasteiger charge is 2.19. The van der Waals surface area contributed by atoms with Gasteiger partial charge in [-0.2, -0.15) is 0 Å². The second-order valence-corrected chi connectivity index (χ2v) is 9.52. The quantitative estimate of drug-likeness (QED) is 0.431. The lowest BCUT2D eigenvalue weighted by atomic mass is 10.2. The number of sulfonamides is 1. The van der Waals surface area contributed by atoms with Gasteiger partial charge in [-0.3, -0.25) is 14.4 Å². The minimum atomic E-state index is -3.65. The molecule has 3 rings (SSSR count). The Morgan fingerprint density at radius 1 is 1.06 bits per heavy atom.